The maximum absolute atomic E-state index is 11.4. The Labute approximate surface area is 66.1 Å². The van der Waals surface area contributed by atoms with Gasteiger partial charge in [0.1, 0.15) is 0 Å². The lowest BCUT2D eigenvalue weighted by atomic mass is 10.2. The Balaban J connectivity index is 2.11. The van der Waals surface area contributed by atoms with Crippen molar-refractivity contribution in [1.82, 2.24) is 15.1 Å². The second-order valence-corrected chi connectivity index (χ2v) is 3.21. The van der Waals surface area contributed by atoms with E-state index in [9.17, 15) is 4.79 Å². The Hall–Kier alpha value is -0.770. The molecule has 0 unspecified atom stereocenters. The molecule has 0 saturated carbocycles. The third kappa shape index (κ3) is 0.976. The summed E-state index contributed by atoms with van der Waals surface area (Å²) in [6, 6.07) is 0.609. The number of fused-ring (bicyclic) bond motifs is 1. The smallest absolute Gasteiger partial charge is 0.320 e. The zero-order valence-corrected chi connectivity index (χ0v) is 6.71. The lowest BCUT2D eigenvalue weighted by molar-refractivity contribution is 0.182. The molecule has 0 radical (unpaired) electrons. The maximum atomic E-state index is 11.4. The van der Waals surface area contributed by atoms with Crippen molar-refractivity contribution < 1.29 is 4.79 Å². The molecule has 0 bridgehead atoms. The summed E-state index contributed by atoms with van der Waals surface area (Å²) in [5.41, 5.74) is 0. The van der Waals surface area contributed by atoms with Crippen LogP contribution in [0.4, 0.5) is 4.79 Å². The van der Waals surface area contributed by atoms with E-state index in [-0.39, 0.29) is 6.03 Å². The van der Waals surface area contributed by atoms with Crippen molar-refractivity contribution in [3.05, 3.63) is 0 Å². The predicted octanol–water partition coefficient (Wildman–Crippen LogP) is -0.674. The molecule has 1 N–H and O–H groups in total. The van der Waals surface area contributed by atoms with Crippen LogP contribution in [0.15, 0.2) is 0 Å². The molecule has 62 valence electrons. The van der Waals surface area contributed by atoms with Crippen LogP contribution in [0.25, 0.3) is 0 Å². The molecule has 4 nitrogen and oxygen atoms in total. The summed E-state index contributed by atoms with van der Waals surface area (Å²) in [5.74, 6) is 0. The number of amides is 2. The first-order chi connectivity index (χ1) is 5.29. The Kier molecular flexibility index (Phi) is 1.49. The van der Waals surface area contributed by atoms with E-state index >= 15 is 0 Å². The first-order valence-electron chi connectivity index (χ1n) is 4.01. The summed E-state index contributed by atoms with van der Waals surface area (Å²) in [6.07, 6.45) is 0. The summed E-state index contributed by atoms with van der Waals surface area (Å²) < 4.78 is 0. The second-order valence-electron chi connectivity index (χ2n) is 3.21. The molecule has 2 aliphatic heterocycles. The number of urea groups is 1. The number of hydrogen-bond donors (Lipinski definition) is 1. The zero-order chi connectivity index (χ0) is 7.84. The van der Waals surface area contributed by atoms with Gasteiger partial charge in [-0.1, -0.05) is 0 Å². The van der Waals surface area contributed by atoms with Crippen molar-refractivity contribution in [3.63, 3.8) is 0 Å². The largest absolute Gasteiger partial charge is 0.326 e. The van der Waals surface area contributed by atoms with Gasteiger partial charge in [-0.3, -0.25) is 0 Å². The number of carbonyl (C=O) groups is 1. The molecule has 0 aromatic carbocycles. The first kappa shape index (κ1) is 6.91. The molecule has 0 spiro atoms. The van der Waals surface area contributed by atoms with Crippen LogP contribution in [0.3, 0.4) is 0 Å². The highest BCUT2D eigenvalue weighted by atomic mass is 16.2. The molecule has 2 saturated heterocycles. The normalized spacial score (nSPS) is 31.0. The fourth-order valence-electron chi connectivity index (χ4n) is 1.79. The van der Waals surface area contributed by atoms with Crippen molar-refractivity contribution >= 4 is 6.03 Å². The van der Waals surface area contributed by atoms with E-state index in [4.69, 9.17) is 0 Å². The van der Waals surface area contributed by atoms with Gasteiger partial charge in [-0.15, -0.1) is 0 Å². The molecule has 2 aliphatic rings. The van der Waals surface area contributed by atoms with E-state index in [0.29, 0.717) is 6.04 Å². The summed E-state index contributed by atoms with van der Waals surface area (Å²) in [7, 11) is 1.86. The van der Waals surface area contributed by atoms with Crippen LogP contribution in [-0.2, 0) is 0 Å². The minimum Gasteiger partial charge on any atom is -0.326 e. The lowest BCUT2D eigenvalue weighted by Crippen LogP contribution is -2.49. The van der Waals surface area contributed by atoms with Gasteiger partial charge in [0.25, 0.3) is 0 Å². The Bertz CT molecular complexity index is 183. The number of rotatable bonds is 0. The number of carbonyl (C=O) groups excluding carboxylic acids is 1. The number of hydrogen-bond acceptors (Lipinski definition) is 2. The molecule has 0 aromatic rings. The predicted molar refractivity (Wildman–Crippen MR) is 41.4 cm³/mol. The van der Waals surface area contributed by atoms with Gasteiger partial charge >= 0.3 is 6.03 Å². The van der Waals surface area contributed by atoms with Gasteiger partial charge in [0, 0.05) is 33.2 Å². The highest BCUT2D eigenvalue weighted by molar-refractivity contribution is 5.77. The van der Waals surface area contributed by atoms with E-state index in [0.717, 1.165) is 26.2 Å². The van der Waals surface area contributed by atoms with E-state index in [1.807, 2.05) is 11.9 Å². The molecule has 2 amide bonds. The molecule has 0 aliphatic carbocycles. The van der Waals surface area contributed by atoms with E-state index in [2.05, 4.69) is 5.32 Å². The first-order valence-corrected chi connectivity index (χ1v) is 4.01. The van der Waals surface area contributed by atoms with E-state index in [1.54, 1.807) is 4.90 Å². The van der Waals surface area contributed by atoms with Crippen molar-refractivity contribution in [3.8, 4) is 0 Å². The monoisotopic (exact) mass is 155 g/mol. The third-order valence-electron chi connectivity index (χ3n) is 2.41. The van der Waals surface area contributed by atoms with Crippen molar-refractivity contribution in [2.24, 2.45) is 0 Å². The second kappa shape index (κ2) is 2.37. The van der Waals surface area contributed by atoms with Crippen LogP contribution in [0.1, 0.15) is 0 Å². The van der Waals surface area contributed by atoms with Gasteiger partial charge in [-0.05, 0) is 0 Å². The molecule has 2 fully saturated rings. The number of nitrogens with one attached hydrogen (secondary N) is 1. The quantitative estimate of drug-likeness (QED) is 0.503. The number of piperazine rings is 1. The minimum atomic E-state index is 0.191. The summed E-state index contributed by atoms with van der Waals surface area (Å²) in [4.78, 5) is 15.1. The van der Waals surface area contributed by atoms with Crippen LogP contribution in [0.2, 0.25) is 0 Å². The standard InChI is InChI=1S/C7H13N3O/c1-9-5-6-4-8-2-3-10(6)7(9)11/h6,8H,2-5H2,1H3/t6-/m0/s1. The Morgan fingerprint density at radius 1 is 1.64 bits per heavy atom. The summed E-state index contributed by atoms with van der Waals surface area (Å²) in [6.45, 7) is 3.64. The highest BCUT2D eigenvalue weighted by Crippen LogP contribution is 2.14. The van der Waals surface area contributed by atoms with Crippen LogP contribution in [0, 0.1) is 0 Å². The van der Waals surface area contributed by atoms with Gasteiger partial charge in [0.15, 0.2) is 0 Å². The third-order valence-corrected chi connectivity index (χ3v) is 2.41. The van der Waals surface area contributed by atoms with E-state index < -0.39 is 0 Å². The maximum Gasteiger partial charge on any atom is 0.320 e. The topological polar surface area (TPSA) is 35.6 Å². The molecule has 4 heteroatoms. The fraction of sp³-hybridized carbons (Fsp3) is 0.857. The Morgan fingerprint density at radius 2 is 2.45 bits per heavy atom. The summed E-state index contributed by atoms with van der Waals surface area (Å²) >= 11 is 0. The number of nitrogens with zero attached hydrogens (tertiary/aromatic N) is 2. The molecule has 11 heavy (non-hydrogen) atoms. The SMILES string of the molecule is CN1C[C@@H]2CNCCN2C1=O. The molecule has 1 atom stereocenters. The van der Waals surface area contributed by atoms with Gasteiger partial charge in [0.05, 0.1) is 6.04 Å². The Morgan fingerprint density at radius 3 is 3.18 bits per heavy atom. The van der Waals surface area contributed by atoms with Crippen LogP contribution < -0.4 is 5.32 Å². The summed E-state index contributed by atoms with van der Waals surface area (Å²) in [5, 5.41) is 3.28. The van der Waals surface area contributed by atoms with Crippen molar-refractivity contribution in [2.45, 2.75) is 6.04 Å². The molecular weight excluding hydrogens is 142 g/mol. The van der Waals surface area contributed by atoms with Crippen LogP contribution >= 0.6 is 0 Å². The average Bonchev–Trinajstić information content (AvgIpc) is 2.30. The fourth-order valence-corrected chi connectivity index (χ4v) is 1.79. The molecule has 0 aromatic heterocycles. The zero-order valence-electron chi connectivity index (χ0n) is 6.71. The highest BCUT2D eigenvalue weighted by Gasteiger charge is 2.35. The van der Waals surface area contributed by atoms with Crippen LogP contribution in [0.5, 0.6) is 0 Å². The molecule has 2 heterocycles. The molecular formula is C7H13N3O. The van der Waals surface area contributed by atoms with Crippen LogP contribution in [-0.4, -0.2) is 55.1 Å². The van der Waals surface area contributed by atoms with Gasteiger partial charge in [-0.25, -0.2) is 4.79 Å². The van der Waals surface area contributed by atoms with Crippen molar-refractivity contribution in [1.29, 1.82) is 0 Å². The van der Waals surface area contributed by atoms with Gasteiger partial charge in [0.2, 0.25) is 0 Å². The van der Waals surface area contributed by atoms with E-state index in [1.165, 1.54) is 0 Å². The van der Waals surface area contributed by atoms with Gasteiger partial charge < -0.3 is 15.1 Å². The minimum absolute atomic E-state index is 0.191. The van der Waals surface area contributed by atoms with Crippen molar-refractivity contribution in [2.75, 3.05) is 33.2 Å². The lowest BCUT2D eigenvalue weighted by Gasteiger charge is -2.28. The number of likely N-dealkylation sites (N-methyl/N-ethyl adjacent to an activating group) is 1. The van der Waals surface area contributed by atoms with Gasteiger partial charge in [-0.2, -0.15) is 0 Å². The molecule has 2 rings (SSSR count). The average molecular weight is 155 g/mol.